The first-order chi connectivity index (χ1) is 3.56. The molecule has 0 aromatic heterocycles. The van der Waals surface area contributed by atoms with Gasteiger partial charge in [-0.25, -0.2) is 0 Å². The van der Waals surface area contributed by atoms with Crippen molar-refractivity contribution >= 4 is 11.8 Å². The van der Waals surface area contributed by atoms with E-state index in [-0.39, 0.29) is 0 Å². The molecule has 0 aromatic rings. The first-order valence-corrected chi connectivity index (χ1v) is 4.05. The number of hydrogen-bond donors (Lipinski definition) is 0. The highest BCUT2D eigenvalue weighted by Crippen LogP contribution is 2.15. The average molecular weight is 130 g/mol. The highest BCUT2D eigenvalue weighted by Gasteiger charge is 2.01. The third-order valence-corrected chi connectivity index (χ3v) is 1.11. The number of hydrogen-bond acceptors (Lipinski definition) is 1. The molecule has 0 heterocycles. The van der Waals surface area contributed by atoms with Crippen LogP contribution in [0.4, 0.5) is 0 Å². The van der Waals surface area contributed by atoms with Gasteiger partial charge in [0.15, 0.2) is 0 Å². The Kier molecular flexibility index (Phi) is 3.22. The minimum atomic E-state index is 0.350. The molecule has 0 aliphatic rings. The van der Waals surface area contributed by atoms with Crippen molar-refractivity contribution in [1.29, 1.82) is 0 Å². The molecular weight excluding hydrogens is 116 g/mol. The Hall–Kier alpha value is 0.0900. The minimum Gasteiger partial charge on any atom is -0.138 e. The van der Waals surface area contributed by atoms with Crippen LogP contribution in [-0.2, 0) is 0 Å². The van der Waals surface area contributed by atoms with E-state index in [1.165, 1.54) is 0 Å². The summed E-state index contributed by atoms with van der Waals surface area (Å²) in [6, 6.07) is 0. The van der Waals surface area contributed by atoms with E-state index in [1.54, 1.807) is 11.8 Å². The SMILES string of the molecule is CS/C=C/C(C)(C)C. The lowest BCUT2D eigenvalue weighted by molar-refractivity contribution is 0.545. The lowest BCUT2D eigenvalue weighted by Gasteiger charge is -2.09. The van der Waals surface area contributed by atoms with Crippen molar-refractivity contribution in [2.75, 3.05) is 6.26 Å². The Bertz CT molecular complexity index is 76.9. The third kappa shape index (κ3) is 6.09. The predicted octanol–water partition coefficient (Wildman–Crippen LogP) is 2.91. The molecule has 0 spiro atoms. The summed E-state index contributed by atoms with van der Waals surface area (Å²) in [5, 5.41) is 2.12. The van der Waals surface area contributed by atoms with Crippen LogP contribution < -0.4 is 0 Å². The van der Waals surface area contributed by atoms with Crippen LogP contribution in [0.25, 0.3) is 0 Å². The van der Waals surface area contributed by atoms with Gasteiger partial charge < -0.3 is 0 Å². The van der Waals surface area contributed by atoms with Crippen molar-refractivity contribution in [1.82, 2.24) is 0 Å². The first kappa shape index (κ1) is 8.09. The molecule has 0 amide bonds. The second-order valence-electron chi connectivity index (χ2n) is 2.90. The van der Waals surface area contributed by atoms with Gasteiger partial charge in [-0.1, -0.05) is 26.8 Å². The third-order valence-electron chi connectivity index (χ3n) is 0.704. The van der Waals surface area contributed by atoms with Crippen molar-refractivity contribution in [3.8, 4) is 0 Å². The summed E-state index contributed by atoms with van der Waals surface area (Å²) in [6.07, 6.45) is 4.28. The second kappa shape index (κ2) is 3.18. The van der Waals surface area contributed by atoms with Crippen LogP contribution in [0, 0.1) is 5.41 Å². The molecule has 0 atom stereocenters. The molecule has 8 heavy (non-hydrogen) atoms. The van der Waals surface area contributed by atoms with Gasteiger partial charge in [0.05, 0.1) is 0 Å². The zero-order chi connectivity index (χ0) is 6.62. The van der Waals surface area contributed by atoms with Gasteiger partial charge in [-0.05, 0) is 17.1 Å². The molecule has 48 valence electrons. The summed E-state index contributed by atoms with van der Waals surface area (Å²) in [5.41, 5.74) is 0.350. The Balaban J connectivity index is 3.52. The zero-order valence-corrected chi connectivity index (χ0v) is 6.88. The second-order valence-corrected chi connectivity index (χ2v) is 3.65. The van der Waals surface area contributed by atoms with E-state index in [9.17, 15) is 0 Å². The Morgan fingerprint density at radius 1 is 1.25 bits per heavy atom. The van der Waals surface area contributed by atoms with E-state index in [0.717, 1.165) is 0 Å². The quantitative estimate of drug-likeness (QED) is 0.526. The van der Waals surface area contributed by atoms with Gasteiger partial charge in [0.25, 0.3) is 0 Å². The van der Waals surface area contributed by atoms with Crippen molar-refractivity contribution < 1.29 is 0 Å². The lowest BCUT2D eigenvalue weighted by Crippen LogP contribution is -1.97. The van der Waals surface area contributed by atoms with Crippen molar-refractivity contribution in [3.63, 3.8) is 0 Å². The van der Waals surface area contributed by atoms with Crippen LogP contribution in [0.1, 0.15) is 20.8 Å². The van der Waals surface area contributed by atoms with Crippen LogP contribution in [0.15, 0.2) is 11.5 Å². The molecule has 0 saturated carbocycles. The molecule has 0 fully saturated rings. The zero-order valence-electron chi connectivity index (χ0n) is 6.06. The molecule has 0 radical (unpaired) electrons. The summed E-state index contributed by atoms with van der Waals surface area (Å²) in [4.78, 5) is 0. The van der Waals surface area contributed by atoms with Gasteiger partial charge in [0.1, 0.15) is 0 Å². The Morgan fingerprint density at radius 3 is 1.88 bits per heavy atom. The molecular formula is C7H14S. The number of rotatable bonds is 1. The number of allylic oxidation sites excluding steroid dienone is 1. The first-order valence-electron chi connectivity index (χ1n) is 2.77. The highest BCUT2D eigenvalue weighted by molar-refractivity contribution is 8.01. The lowest BCUT2D eigenvalue weighted by atomic mass is 9.98. The Labute approximate surface area is 56.4 Å². The van der Waals surface area contributed by atoms with E-state index >= 15 is 0 Å². The van der Waals surface area contributed by atoms with Crippen molar-refractivity contribution in [2.45, 2.75) is 20.8 Å². The summed E-state index contributed by atoms with van der Waals surface area (Å²) in [6.45, 7) is 6.58. The number of thioether (sulfide) groups is 1. The largest absolute Gasteiger partial charge is 0.138 e. The van der Waals surface area contributed by atoms with Gasteiger partial charge in [-0.3, -0.25) is 0 Å². The molecule has 0 bridgehead atoms. The molecule has 0 aliphatic heterocycles. The summed E-state index contributed by atoms with van der Waals surface area (Å²) in [5.74, 6) is 0. The topological polar surface area (TPSA) is 0 Å². The van der Waals surface area contributed by atoms with E-state index in [1.807, 2.05) is 0 Å². The van der Waals surface area contributed by atoms with Gasteiger partial charge in [0, 0.05) is 0 Å². The molecule has 1 heteroatoms. The van der Waals surface area contributed by atoms with Crippen LogP contribution in [0.5, 0.6) is 0 Å². The van der Waals surface area contributed by atoms with E-state index in [2.05, 4.69) is 38.5 Å². The maximum absolute atomic E-state index is 2.21. The van der Waals surface area contributed by atoms with Crippen LogP contribution in [0.3, 0.4) is 0 Å². The molecule has 0 rings (SSSR count). The standard InChI is InChI=1S/C7H14S/c1-7(2,3)5-6-8-4/h5-6H,1-4H3/b6-5+. The van der Waals surface area contributed by atoms with Crippen molar-refractivity contribution in [3.05, 3.63) is 11.5 Å². The molecule has 0 aliphatic carbocycles. The van der Waals surface area contributed by atoms with Gasteiger partial charge in [-0.2, -0.15) is 0 Å². The molecule has 0 aromatic carbocycles. The van der Waals surface area contributed by atoms with E-state index in [4.69, 9.17) is 0 Å². The normalized spacial score (nSPS) is 13.0. The monoisotopic (exact) mass is 130 g/mol. The van der Waals surface area contributed by atoms with Gasteiger partial charge in [0.2, 0.25) is 0 Å². The smallest absolute Gasteiger partial charge is 0.0142 e. The summed E-state index contributed by atoms with van der Waals surface area (Å²) >= 11 is 1.75. The molecule has 0 nitrogen and oxygen atoms in total. The predicted molar refractivity (Wildman–Crippen MR) is 42.1 cm³/mol. The minimum absolute atomic E-state index is 0.350. The Morgan fingerprint density at radius 2 is 1.75 bits per heavy atom. The van der Waals surface area contributed by atoms with Gasteiger partial charge >= 0.3 is 0 Å². The van der Waals surface area contributed by atoms with Gasteiger partial charge in [-0.15, -0.1) is 11.8 Å². The summed E-state index contributed by atoms with van der Waals surface area (Å²) in [7, 11) is 0. The fourth-order valence-corrected chi connectivity index (χ4v) is 0.816. The molecule has 0 unspecified atom stereocenters. The molecule has 0 N–H and O–H groups in total. The highest BCUT2D eigenvalue weighted by atomic mass is 32.2. The fraction of sp³-hybridized carbons (Fsp3) is 0.714. The average Bonchev–Trinajstić information content (AvgIpc) is 1.59. The van der Waals surface area contributed by atoms with Crippen molar-refractivity contribution in [2.24, 2.45) is 5.41 Å². The fourth-order valence-electron chi connectivity index (χ4n) is 0.272. The maximum Gasteiger partial charge on any atom is -0.0142 e. The maximum atomic E-state index is 2.21. The van der Waals surface area contributed by atoms with Crippen LogP contribution in [-0.4, -0.2) is 6.26 Å². The van der Waals surface area contributed by atoms with Crippen LogP contribution >= 0.6 is 11.8 Å². The van der Waals surface area contributed by atoms with E-state index < -0.39 is 0 Å². The molecule has 0 saturated heterocycles. The summed E-state index contributed by atoms with van der Waals surface area (Å²) < 4.78 is 0. The van der Waals surface area contributed by atoms with Crippen LogP contribution in [0.2, 0.25) is 0 Å². The van der Waals surface area contributed by atoms with E-state index in [0.29, 0.717) is 5.41 Å².